The summed E-state index contributed by atoms with van der Waals surface area (Å²) in [7, 11) is 0. The highest BCUT2D eigenvalue weighted by atomic mass is 127. The summed E-state index contributed by atoms with van der Waals surface area (Å²) in [4.78, 5) is 0.921. The molecule has 0 spiro atoms. The fourth-order valence-corrected chi connectivity index (χ4v) is 3.06. The molecule has 82 valence electrons. The zero-order valence-electron chi connectivity index (χ0n) is 8.83. The Labute approximate surface area is 114 Å². The molecule has 0 atom stereocenters. The maximum Gasteiger partial charge on any atom is 0.137 e. The summed E-state index contributed by atoms with van der Waals surface area (Å²) in [5.41, 5.74) is 2.01. The molecule has 2 aromatic rings. The number of rotatable bonds is 2. The van der Waals surface area contributed by atoms with Crippen molar-refractivity contribution < 1.29 is 4.42 Å². The van der Waals surface area contributed by atoms with Crippen LogP contribution in [0.1, 0.15) is 11.3 Å². The summed E-state index contributed by atoms with van der Waals surface area (Å²) in [5, 5.41) is 1.15. The first-order valence-corrected chi connectivity index (χ1v) is 6.37. The molecule has 16 heavy (non-hydrogen) atoms. The van der Waals surface area contributed by atoms with Crippen molar-refractivity contribution in [3.05, 3.63) is 45.8 Å². The highest BCUT2D eigenvalue weighted by Gasteiger charge is 2.11. The average Bonchev–Trinajstić information content (AvgIpc) is 2.51. The summed E-state index contributed by atoms with van der Waals surface area (Å²) in [6, 6.07) is 3.98. The molecule has 2 rings (SSSR count). The minimum Gasteiger partial charge on any atom is -0.461 e. The van der Waals surface area contributed by atoms with Gasteiger partial charge in [0.1, 0.15) is 11.3 Å². The van der Waals surface area contributed by atoms with Crippen LogP contribution in [0.15, 0.2) is 40.2 Å². The highest BCUT2D eigenvalue weighted by Crippen LogP contribution is 2.32. The van der Waals surface area contributed by atoms with Crippen LogP contribution in [-0.2, 0) is 0 Å². The van der Waals surface area contributed by atoms with Crippen molar-refractivity contribution in [1.82, 2.24) is 0 Å². The third kappa shape index (κ3) is 2.06. The largest absolute Gasteiger partial charge is 0.461 e. The smallest absolute Gasteiger partial charge is 0.137 e. The maximum atomic E-state index is 5.72. The van der Waals surface area contributed by atoms with Crippen LogP contribution in [0.5, 0.6) is 0 Å². The molecule has 0 saturated carbocycles. The molecule has 0 unspecified atom stereocenters. The van der Waals surface area contributed by atoms with Crippen LogP contribution in [0.3, 0.4) is 0 Å². The van der Waals surface area contributed by atoms with E-state index >= 15 is 0 Å². The first-order chi connectivity index (χ1) is 7.63. The van der Waals surface area contributed by atoms with Gasteiger partial charge in [0.15, 0.2) is 0 Å². The lowest BCUT2D eigenvalue weighted by Crippen LogP contribution is -1.78. The van der Waals surface area contributed by atoms with Crippen LogP contribution in [-0.4, -0.2) is 0 Å². The molecular formula is C13H11IOS. The van der Waals surface area contributed by atoms with Gasteiger partial charge in [-0.05, 0) is 41.6 Å². The van der Waals surface area contributed by atoms with E-state index < -0.39 is 0 Å². The van der Waals surface area contributed by atoms with Gasteiger partial charge in [0.25, 0.3) is 0 Å². The van der Waals surface area contributed by atoms with Crippen molar-refractivity contribution in [2.24, 2.45) is 0 Å². The number of fused-ring (bicyclic) bond motifs is 1. The molecule has 0 aliphatic carbocycles. The van der Waals surface area contributed by atoms with Crippen molar-refractivity contribution >= 4 is 52.3 Å². The normalized spacial score (nSPS) is 11.4. The number of thiol groups is 1. The summed E-state index contributed by atoms with van der Waals surface area (Å²) in [6.07, 6.45) is 5.70. The minimum absolute atomic E-state index is 0.887. The third-order valence-corrected chi connectivity index (χ3v) is 3.46. The van der Waals surface area contributed by atoms with E-state index in [0.29, 0.717) is 0 Å². The molecule has 0 bridgehead atoms. The van der Waals surface area contributed by atoms with Crippen LogP contribution < -0.4 is 0 Å². The van der Waals surface area contributed by atoms with Gasteiger partial charge in [-0.2, -0.15) is 0 Å². The van der Waals surface area contributed by atoms with Crippen LogP contribution in [0.2, 0.25) is 0 Å². The van der Waals surface area contributed by atoms with E-state index in [1.54, 1.807) is 6.08 Å². The number of allylic oxidation sites excluding steroid dienone is 2. The van der Waals surface area contributed by atoms with Crippen LogP contribution in [0, 0.1) is 10.5 Å². The van der Waals surface area contributed by atoms with Crippen LogP contribution in [0.25, 0.3) is 17.0 Å². The summed E-state index contributed by atoms with van der Waals surface area (Å²) < 4.78 is 6.87. The van der Waals surface area contributed by atoms with Crippen molar-refractivity contribution in [3.63, 3.8) is 0 Å². The lowest BCUT2D eigenvalue weighted by molar-refractivity contribution is 0.577. The maximum absolute atomic E-state index is 5.72. The molecule has 1 heterocycles. The molecule has 0 amide bonds. The standard InChI is InChI=1S/C13H11IOS/c1-3-4-5-10-8(2)15-12-7-9(16)6-11(14)13(10)12/h3-7,16H,1H2,2H3/b5-4-. The molecule has 0 aliphatic rings. The van der Waals surface area contributed by atoms with Crippen molar-refractivity contribution in [1.29, 1.82) is 0 Å². The Morgan fingerprint density at radius 2 is 2.19 bits per heavy atom. The number of aryl methyl sites for hydroxylation is 1. The Balaban J connectivity index is 2.78. The molecular weight excluding hydrogens is 331 g/mol. The number of benzene rings is 1. The Morgan fingerprint density at radius 3 is 2.88 bits per heavy atom. The Bertz CT molecular complexity index is 581. The fraction of sp³-hybridized carbons (Fsp3) is 0.0769. The third-order valence-electron chi connectivity index (χ3n) is 2.35. The lowest BCUT2D eigenvalue weighted by Gasteiger charge is -1.97. The molecule has 1 aromatic heterocycles. The van der Waals surface area contributed by atoms with Gasteiger partial charge in [-0.25, -0.2) is 0 Å². The Kier molecular flexibility index (Phi) is 3.44. The number of halogens is 1. The molecule has 0 aliphatic heterocycles. The first kappa shape index (κ1) is 11.8. The second-order valence-corrected chi connectivity index (χ2v) is 5.15. The van der Waals surface area contributed by atoms with Crippen molar-refractivity contribution in [2.75, 3.05) is 0 Å². The monoisotopic (exact) mass is 342 g/mol. The summed E-state index contributed by atoms with van der Waals surface area (Å²) in [6.45, 7) is 5.64. The topological polar surface area (TPSA) is 13.1 Å². The van der Waals surface area contributed by atoms with Gasteiger partial charge in [-0.15, -0.1) is 12.6 Å². The van der Waals surface area contributed by atoms with Gasteiger partial charge in [-0.3, -0.25) is 0 Å². The highest BCUT2D eigenvalue weighted by molar-refractivity contribution is 14.1. The number of hydrogen-bond donors (Lipinski definition) is 1. The fourth-order valence-electron chi connectivity index (χ4n) is 1.67. The van der Waals surface area contributed by atoms with E-state index in [9.17, 15) is 0 Å². The second-order valence-electron chi connectivity index (χ2n) is 3.47. The summed E-state index contributed by atoms with van der Waals surface area (Å²) in [5.74, 6) is 0.921. The van der Waals surface area contributed by atoms with Gasteiger partial charge < -0.3 is 4.42 Å². The van der Waals surface area contributed by atoms with E-state index in [1.165, 1.54) is 0 Å². The Morgan fingerprint density at radius 1 is 1.44 bits per heavy atom. The summed E-state index contributed by atoms with van der Waals surface area (Å²) >= 11 is 6.65. The number of furan rings is 1. The second kappa shape index (κ2) is 4.67. The Hall–Kier alpha value is -0.680. The predicted molar refractivity (Wildman–Crippen MR) is 80.2 cm³/mol. The quantitative estimate of drug-likeness (QED) is 0.469. The van der Waals surface area contributed by atoms with Crippen molar-refractivity contribution in [2.45, 2.75) is 11.8 Å². The molecule has 0 saturated heterocycles. The average molecular weight is 342 g/mol. The predicted octanol–water partition coefficient (Wildman–Crippen LogP) is 4.83. The van der Waals surface area contributed by atoms with Crippen LogP contribution >= 0.6 is 35.2 Å². The van der Waals surface area contributed by atoms with E-state index in [2.05, 4.69) is 41.8 Å². The van der Waals surface area contributed by atoms with E-state index in [1.807, 2.05) is 31.2 Å². The van der Waals surface area contributed by atoms with Crippen LogP contribution in [0.4, 0.5) is 0 Å². The van der Waals surface area contributed by atoms with Gasteiger partial charge >= 0.3 is 0 Å². The molecule has 1 nitrogen and oxygen atoms in total. The van der Waals surface area contributed by atoms with E-state index in [-0.39, 0.29) is 0 Å². The molecule has 0 fully saturated rings. The van der Waals surface area contributed by atoms with Gasteiger partial charge in [-0.1, -0.05) is 24.8 Å². The lowest BCUT2D eigenvalue weighted by atomic mass is 10.1. The molecule has 3 heteroatoms. The zero-order valence-corrected chi connectivity index (χ0v) is 11.9. The first-order valence-electron chi connectivity index (χ1n) is 4.84. The van der Waals surface area contributed by atoms with Gasteiger partial charge in [0, 0.05) is 19.4 Å². The number of hydrogen-bond acceptors (Lipinski definition) is 2. The van der Waals surface area contributed by atoms with E-state index in [4.69, 9.17) is 4.42 Å². The van der Waals surface area contributed by atoms with Crippen molar-refractivity contribution in [3.8, 4) is 0 Å². The molecule has 0 N–H and O–H groups in total. The van der Waals surface area contributed by atoms with Gasteiger partial charge in [0.05, 0.1) is 0 Å². The van der Waals surface area contributed by atoms with Gasteiger partial charge in [0.2, 0.25) is 0 Å². The minimum atomic E-state index is 0.887. The molecule has 0 radical (unpaired) electrons. The SMILES string of the molecule is C=C/C=C\c1c(C)oc2cc(S)cc(I)c12. The molecule has 1 aromatic carbocycles. The zero-order chi connectivity index (χ0) is 11.7. The van der Waals surface area contributed by atoms with E-state index in [0.717, 1.165) is 30.8 Å².